The normalized spacial score (nSPS) is 17.1. The molecular formula is C19H26N6O5S2. The lowest BCUT2D eigenvalue weighted by molar-refractivity contribution is -0.134. The Hall–Kier alpha value is -2.67. The third kappa shape index (κ3) is 6.66. The molecule has 3 rings (SSSR count). The van der Waals surface area contributed by atoms with Crippen LogP contribution in [0.2, 0.25) is 0 Å². The fourth-order valence-electron chi connectivity index (χ4n) is 3.25. The molecule has 1 aromatic carbocycles. The first-order valence-corrected chi connectivity index (χ1v) is 12.9. The summed E-state index contributed by atoms with van der Waals surface area (Å²) in [6, 6.07) is 7.13. The first-order valence-electron chi connectivity index (χ1n) is 10.1. The second-order valence-electron chi connectivity index (χ2n) is 7.33. The number of amides is 2. The second kappa shape index (κ2) is 10.8. The van der Waals surface area contributed by atoms with E-state index in [1.54, 1.807) is 18.7 Å². The number of aromatic nitrogens is 4. The van der Waals surface area contributed by atoms with Crippen LogP contribution in [0.4, 0.5) is 0 Å². The van der Waals surface area contributed by atoms with Crippen molar-refractivity contribution in [1.82, 2.24) is 30.4 Å². The highest BCUT2D eigenvalue weighted by Crippen LogP contribution is 2.17. The lowest BCUT2D eigenvalue weighted by Crippen LogP contribution is -2.45. The fourth-order valence-corrected chi connectivity index (χ4v) is 5.71. The molecule has 1 atom stereocenters. The smallest absolute Gasteiger partial charge is 0.239 e. The van der Waals surface area contributed by atoms with Crippen LogP contribution in [-0.2, 0) is 26.0 Å². The summed E-state index contributed by atoms with van der Waals surface area (Å²) in [6.07, 6.45) is 0.404. The first kappa shape index (κ1) is 24.0. The molecule has 11 nitrogen and oxygen atoms in total. The number of likely N-dealkylation sites (N-methyl/N-ethyl adjacent to an activating group) is 1. The highest BCUT2D eigenvalue weighted by molar-refractivity contribution is 7.99. The fraction of sp³-hybridized carbons (Fsp3) is 0.526. The van der Waals surface area contributed by atoms with Crippen LogP contribution >= 0.6 is 11.8 Å². The highest BCUT2D eigenvalue weighted by Gasteiger charge is 2.29. The lowest BCUT2D eigenvalue weighted by atomic mass is 10.2. The number of benzene rings is 1. The summed E-state index contributed by atoms with van der Waals surface area (Å²) in [4.78, 5) is 26.3. The zero-order chi connectivity index (χ0) is 23.1. The van der Waals surface area contributed by atoms with Gasteiger partial charge in [0.2, 0.25) is 17.0 Å². The van der Waals surface area contributed by atoms with Crippen molar-refractivity contribution < 1.29 is 22.7 Å². The minimum absolute atomic E-state index is 0.0501. The van der Waals surface area contributed by atoms with Gasteiger partial charge in [-0.2, -0.15) is 0 Å². The summed E-state index contributed by atoms with van der Waals surface area (Å²) in [6.45, 7) is 2.46. The summed E-state index contributed by atoms with van der Waals surface area (Å²) in [5.41, 5.74) is 0.979. The molecule has 0 spiro atoms. The molecule has 0 aliphatic carbocycles. The van der Waals surface area contributed by atoms with Crippen LogP contribution < -0.4 is 10.1 Å². The number of nitrogens with one attached hydrogen (secondary N) is 1. The maximum atomic E-state index is 12.6. The van der Waals surface area contributed by atoms with E-state index < -0.39 is 15.9 Å². The number of nitrogens with zero attached hydrogens (tertiary/aromatic N) is 5. The highest BCUT2D eigenvalue weighted by atomic mass is 32.2. The number of rotatable bonds is 10. The SMILES string of the molecule is CCN(CC(=O)NC1CCS(=O)(=O)C1)C(=O)CSc1nnnn1Cc1ccc(OC)cc1. The average molecular weight is 483 g/mol. The Morgan fingerprint density at radius 3 is 2.69 bits per heavy atom. The van der Waals surface area contributed by atoms with Crippen LogP contribution in [0.3, 0.4) is 0 Å². The molecule has 174 valence electrons. The minimum Gasteiger partial charge on any atom is -0.497 e. The van der Waals surface area contributed by atoms with E-state index in [4.69, 9.17) is 4.74 Å². The van der Waals surface area contributed by atoms with Gasteiger partial charge in [-0.25, -0.2) is 13.1 Å². The molecule has 0 bridgehead atoms. The van der Waals surface area contributed by atoms with Gasteiger partial charge in [0.05, 0.1) is 37.5 Å². The molecule has 2 amide bonds. The molecule has 0 saturated carbocycles. The molecule has 1 aliphatic heterocycles. The summed E-state index contributed by atoms with van der Waals surface area (Å²) in [7, 11) is -1.48. The van der Waals surface area contributed by atoms with Crippen LogP contribution in [0.1, 0.15) is 18.9 Å². The topological polar surface area (TPSA) is 136 Å². The quantitative estimate of drug-likeness (QED) is 0.463. The van der Waals surface area contributed by atoms with Crippen molar-refractivity contribution in [3.63, 3.8) is 0 Å². The van der Waals surface area contributed by atoms with E-state index in [1.165, 1.54) is 16.7 Å². The van der Waals surface area contributed by atoms with Crippen molar-refractivity contribution in [2.24, 2.45) is 0 Å². The number of hydrogen-bond acceptors (Lipinski definition) is 9. The van der Waals surface area contributed by atoms with E-state index in [2.05, 4.69) is 20.8 Å². The largest absolute Gasteiger partial charge is 0.497 e. The number of thioether (sulfide) groups is 1. The van der Waals surface area contributed by atoms with Crippen molar-refractivity contribution in [3.8, 4) is 5.75 Å². The molecule has 2 heterocycles. The maximum Gasteiger partial charge on any atom is 0.239 e. The zero-order valence-corrected chi connectivity index (χ0v) is 19.6. The molecule has 1 aliphatic rings. The summed E-state index contributed by atoms with van der Waals surface area (Å²) >= 11 is 1.19. The standard InChI is InChI=1S/C19H26N6O5S2/c1-3-24(11-17(26)20-15-8-9-32(28,29)13-15)18(27)12-31-19-21-22-23-25(19)10-14-4-6-16(30-2)7-5-14/h4-7,15H,3,8-13H2,1-2H3,(H,20,26). The average Bonchev–Trinajstić information content (AvgIpc) is 3.35. The summed E-state index contributed by atoms with van der Waals surface area (Å²) in [5, 5.41) is 14.8. The summed E-state index contributed by atoms with van der Waals surface area (Å²) < 4.78 is 29.8. The maximum absolute atomic E-state index is 12.6. The van der Waals surface area contributed by atoms with Crippen LogP contribution in [0, 0.1) is 0 Å². The number of carbonyl (C=O) groups is 2. The molecule has 1 aromatic heterocycles. The monoisotopic (exact) mass is 482 g/mol. The van der Waals surface area contributed by atoms with Crippen LogP contribution in [-0.4, -0.2) is 88.8 Å². The molecule has 1 fully saturated rings. The van der Waals surface area contributed by atoms with E-state index >= 15 is 0 Å². The van der Waals surface area contributed by atoms with Gasteiger partial charge in [0.15, 0.2) is 9.84 Å². The Labute approximate surface area is 190 Å². The van der Waals surface area contributed by atoms with Gasteiger partial charge < -0.3 is 15.0 Å². The predicted molar refractivity (Wildman–Crippen MR) is 118 cm³/mol. The summed E-state index contributed by atoms with van der Waals surface area (Å²) in [5.74, 6) is 0.259. The van der Waals surface area contributed by atoms with Crippen LogP contribution in [0.25, 0.3) is 0 Å². The van der Waals surface area contributed by atoms with E-state index in [0.717, 1.165) is 11.3 Å². The van der Waals surface area contributed by atoms with Gasteiger partial charge in [0, 0.05) is 12.6 Å². The number of tetrazole rings is 1. The van der Waals surface area contributed by atoms with Crippen LogP contribution in [0.15, 0.2) is 29.4 Å². The number of sulfone groups is 1. The van der Waals surface area contributed by atoms with Gasteiger partial charge in [0.25, 0.3) is 0 Å². The Bertz CT molecular complexity index is 1040. The Balaban J connectivity index is 1.50. The van der Waals surface area contributed by atoms with Crippen LogP contribution in [0.5, 0.6) is 5.75 Å². The third-order valence-corrected chi connectivity index (χ3v) is 7.69. The number of ether oxygens (including phenoxy) is 1. The van der Waals surface area contributed by atoms with E-state index in [0.29, 0.717) is 24.7 Å². The molecule has 1 saturated heterocycles. The number of methoxy groups -OCH3 is 1. The van der Waals surface area contributed by atoms with E-state index in [-0.39, 0.29) is 35.6 Å². The lowest BCUT2D eigenvalue weighted by Gasteiger charge is -2.21. The molecule has 32 heavy (non-hydrogen) atoms. The van der Waals surface area contributed by atoms with Crippen molar-refractivity contribution in [2.45, 2.75) is 31.1 Å². The molecular weight excluding hydrogens is 456 g/mol. The number of hydrogen-bond donors (Lipinski definition) is 1. The molecule has 1 N–H and O–H groups in total. The minimum atomic E-state index is -3.08. The zero-order valence-electron chi connectivity index (χ0n) is 17.9. The van der Waals surface area contributed by atoms with Crippen molar-refractivity contribution in [1.29, 1.82) is 0 Å². The third-order valence-electron chi connectivity index (χ3n) is 4.98. The first-order chi connectivity index (χ1) is 15.3. The predicted octanol–water partition coefficient (Wildman–Crippen LogP) is -0.0261. The second-order valence-corrected chi connectivity index (χ2v) is 10.5. The van der Waals surface area contributed by atoms with Gasteiger partial charge >= 0.3 is 0 Å². The number of carbonyl (C=O) groups excluding carboxylic acids is 2. The Morgan fingerprint density at radius 2 is 2.06 bits per heavy atom. The van der Waals surface area contributed by atoms with Gasteiger partial charge in [0.1, 0.15) is 5.75 Å². The molecule has 0 radical (unpaired) electrons. The van der Waals surface area contributed by atoms with Gasteiger partial charge in [-0.05, 0) is 41.5 Å². The van der Waals surface area contributed by atoms with Crippen molar-refractivity contribution >= 4 is 33.4 Å². The van der Waals surface area contributed by atoms with Gasteiger partial charge in [-0.15, -0.1) is 5.10 Å². The van der Waals surface area contributed by atoms with E-state index in [9.17, 15) is 18.0 Å². The van der Waals surface area contributed by atoms with Crippen molar-refractivity contribution in [2.75, 3.05) is 37.5 Å². The van der Waals surface area contributed by atoms with Gasteiger partial charge in [-0.3, -0.25) is 9.59 Å². The Kier molecular flexibility index (Phi) is 8.07. The molecule has 1 unspecified atom stereocenters. The van der Waals surface area contributed by atoms with Gasteiger partial charge in [-0.1, -0.05) is 23.9 Å². The van der Waals surface area contributed by atoms with E-state index in [1.807, 2.05) is 24.3 Å². The Morgan fingerprint density at radius 1 is 1.31 bits per heavy atom. The molecule has 13 heteroatoms. The van der Waals surface area contributed by atoms with Crippen molar-refractivity contribution in [3.05, 3.63) is 29.8 Å². The molecule has 2 aromatic rings.